The number of non-ortho nitro benzene ring substituents is 1. The highest BCUT2D eigenvalue weighted by Crippen LogP contribution is 2.32. The summed E-state index contributed by atoms with van der Waals surface area (Å²) in [5, 5.41) is 11.6. The van der Waals surface area contributed by atoms with Crippen molar-refractivity contribution in [1.29, 1.82) is 0 Å². The van der Waals surface area contributed by atoms with Gasteiger partial charge < -0.3 is 0 Å². The van der Waals surface area contributed by atoms with Gasteiger partial charge in [-0.25, -0.2) is 4.98 Å². The predicted molar refractivity (Wildman–Crippen MR) is 128 cm³/mol. The van der Waals surface area contributed by atoms with E-state index >= 15 is 0 Å². The number of fused-ring (bicyclic) bond motifs is 1. The van der Waals surface area contributed by atoms with Crippen LogP contribution in [0.1, 0.15) is 18.2 Å². The Morgan fingerprint density at radius 3 is 2.66 bits per heavy atom. The maximum atomic E-state index is 13.3. The Balaban J connectivity index is 1.64. The van der Waals surface area contributed by atoms with E-state index in [2.05, 4.69) is 16.9 Å². The minimum absolute atomic E-state index is 0.000316. The van der Waals surface area contributed by atoms with Crippen LogP contribution in [0, 0.1) is 10.1 Å². The van der Waals surface area contributed by atoms with Gasteiger partial charge >= 0.3 is 0 Å². The first-order chi connectivity index (χ1) is 15.5. The molecule has 9 heteroatoms. The zero-order valence-electron chi connectivity index (χ0n) is 17.3. The van der Waals surface area contributed by atoms with Gasteiger partial charge in [0, 0.05) is 23.2 Å². The van der Waals surface area contributed by atoms with Crippen molar-refractivity contribution in [2.75, 3.05) is 10.7 Å². The summed E-state index contributed by atoms with van der Waals surface area (Å²) in [5.74, 6) is 0.881. The van der Waals surface area contributed by atoms with Crippen LogP contribution >= 0.6 is 23.1 Å². The topological polar surface area (TPSA) is 89.2 Å². The average molecular weight is 465 g/mol. The Hall–Kier alpha value is -3.30. The van der Waals surface area contributed by atoms with Crippen LogP contribution in [0.25, 0.3) is 10.2 Å². The van der Waals surface area contributed by atoms with Gasteiger partial charge in [-0.1, -0.05) is 36.5 Å². The molecule has 0 aliphatic rings. The fraction of sp³-hybridized carbons (Fsp3) is 0.174. The maximum Gasteiger partial charge on any atom is 0.270 e. The second kappa shape index (κ2) is 9.88. The molecule has 0 aliphatic carbocycles. The first-order valence-electron chi connectivity index (χ1n) is 10.0. The molecule has 4 rings (SSSR count). The molecule has 0 fully saturated rings. The van der Waals surface area contributed by atoms with Crippen molar-refractivity contribution in [2.24, 2.45) is 0 Å². The third-order valence-electron chi connectivity index (χ3n) is 4.74. The number of carbonyl (C=O) groups is 1. The standard InChI is InChI=1S/C23H20N4O3S2/c1-2-31-19-9-6-16(7-10-19)13-22(28)26(15-17-5-3-4-12-24-17)23-25-20-11-8-18(27(29)30)14-21(20)32-23/h3-12,14H,2,13,15H2,1H3. The molecule has 0 saturated carbocycles. The minimum Gasteiger partial charge on any atom is -0.282 e. The van der Waals surface area contributed by atoms with Crippen LogP contribution in [0.5, 0.6) is 0 Å². The number of carbonyl (C=O) groups excluding carboxylic acids is 1. The number of anilines is 1. The van der Waals surface area contributed by atoms with Gasteiger partial charge in [0.2, 0.25) is 5.91 Å². The number of rotatable bonds is 8. The lowest BCUT2D eigenvalue weighted by molar-refractivity contribution is -0.384. The summed E-state index contributed by atoms with van der Waals surface area (Å²) in [7, 11) is 0. The van der Waals surface area contributed by atoms with Gasteiger partial charge in [0.25, 0.3) is 5.69 Å². The Bertz CT molecular complexity index is 1240. The number of aromatic nitrogens is 2. The molecule has 0 bridgehead atoms. The molecule has 0 radical (unpaired) electrons. The van der Waals surface area contributed by atoms with Gasteiger partial charge in [-0.2, -0.15) is 0 Å². The van der Waals surface area contributed by atoms with Gasteiger partial charge in [-0.3, -0.25) is 24.8 Å². The Kier molecular flexibility index (Phi) is 6.77. The summed E-state index contributed by atoms with van der Waals surface area (Å²) in [6.07, 6.45) is 1.91. The molecule has 0 spiro atoms. The summed E-state index contributed by atoms with van der Waals surface area (Å²) >= 11 is 3.02. The Morgan fingerprint density at radius 2 is 1.97 bits per heavy atom. The van der Waals surface area contributed by atoms with E-state index in [4.69, 9.17) is 0 Å². The average Bonchev–Trinajstić information content (AvgIpc) is 3.22. The Labute approximate surface area is 193 Å². The Morgan fingerprint density at radius 1 is 1.16 bits per heavy atom. The molecule has 0 aliphatic heterocycles. The number of nitro groups is 1. The number of amides is 1. The van der Waals surface area contributed by atoms with Crippen LogP contribution in [-0.2, 0) is 17.8 Å². The summed E-state index contributed by atoms with van der Waals surface area (Å²) < 4.78 is 0.661. The second-order valence-corrected chi connectivity index (χ2v) is 9.31. The highest BCUT2D eigenvalue weighted by molar-refractivity contribution is 7.99. The summed E-state index contributed by atoms with van der Waals surface area (Å²) in [6.45, 7) is 2.37. The number of thioether (sulfide) groups is 1. The maximum absolute atomic E-state index is 13.3. The third-order valence-corrected chi connectivity index (χ3v) is 6.67. The van der Waals surface area contributed by atoms with E-state index in [1.807, 2.05) is 42.5 Å². The van der Waals surface area contributed by atoms with Crippen molar-refractivity contribution < 1.29 is 9.72 Å². The number of nitro benzene ring substituents is 1. The van der Waals surface area contributed by atoms with Gasteiger partial charge in [-0.05, 0) is 41.6 Å². The van der Waals surface area contributed by atoms with Crippen molar-refractivity contribution >= 4 is 50.0 Å². The quantitative estimate of drug-likeness (QED) is 0.195. The van der Waals surface area contributed by atoms with Crippen LogP contribution in [0.4, 0.5) is 10.8 Å². The molecule has 1 amide bonds. The van der Waals surface area contributed by atoms with E-state index in [9.17, 15) is 14.9 Å². The zero-order valence-corrected chi connectivity index (χ0v) is 18.9. The van der Waals surface area contributed by atoms with Crippen LogP contribution in [0.3, 0.4) is 0 Å². The van der Waals surface area contributed by atoms with E-state index in [1.165, 1.54) is 28.4 Å². The van der Waals surface area contributed by atoms with Crippen molar-refractivity contribution in [2.45, 2.75) is 24.8 Å². The van der Waals surface area contributed by atoms with Crippen LogP contribution in [-0.4, -0.2) is 26.6 Å². The molecular formula is C23H20N4O3S2. The first kappa shape index (κ1) is 21.9. The monoisotopic (exact) mass is 464 g/mol. The minimum atomic E-state index is -0.434. The lowest BCUT2D eigenvalue weighted by Gasteiger charge is -2.19. The third kappa shape index (κ3) is 5.12. The predicted octanol–water partition coefficient (Wildman–Crippen LogP) is 5.49. The fourth-order valence-electron chi connectivity index (χ4n) is 3.19. The van der Waals surface area contributed by atoms with Gasteiger partial charge in [-0.15, -0.1) is 11.8 Å². The molecule has 32 heavy (non-hydrogen) atoms. The number of pyridine rings is 1. The van der Waals surface area contributed by atoms with Crippen LogP contribution < -0.4 is 4.90 Å². The molecule has 4 aromatic rings. The van der Waals surface area contributed by atoms with E-state index in [1.54, 1.807) is 28.9 Å². The fourth-order valence-corrected chi connectivity index (χ4v) is 4.86. The molecule has 162 valence electrons. The number of benzene rings is 2. The lowest BCUT2D eigenvalue weighted by atomic mass is 10.1. The zero-order chi connectivity index (χ0) is 22.5. The van der Waals surface area contributed by atoms with E-state index < -0.39 is 4.92 Å². The largest absolute Gasteiger partial charge is 0.282 e. The number of hydrogen-bond acceptors (Lipinski definition) is 7. The molecular weight excluding hydrogens is 444 g/mol. The van der Waals surface area contributed by atoms with E-state index in [0.29, 0.717) is 15.3 Å². The number of hydrogen-bond donors (Lipinski definition) is 0. The SMILES string of the molecule is CCSc1ccc(CC(=O)N(Cc2ccccn2)c2nc3ccc([N+](=O)[O-])cc3s2)cc1. The van der Waals surface area contributed by atoms with E-state index in [-0.39, 0.29) is 24.6 Å². The molecule has 2 aromatic carbocycles. The van der Waals surface area contributed by atoms with E-state index in [0.717, 1.165) is 17.0 Å². The molecule has 0 atom stereocenters. The van der Waals surface area contributed by atoms with Gasteiger partial charge in [0.05, 0.1) is 33.8 Å². The molecule has 0 unspecified atom stereocenters. The number of thiazole rings is 1. The molecule has 0 saturated heterocycles. The summed E-state index contributed by atoms with van der Waals surface area (Å²) in [4.78, 5) is 35.7. The highest BCUT2D eigenvalue weighted by atomic mass is 32.2. The molecule has 2 heterocycles. The van der Waals surface area contributed by atoms with Crippen LogP contribution in [0.2, 0.25) is 0 Å². The molecule has 7 nitrogen and oxygen atoms in total. The second-order valence-electron chi connectivity index (χ2n) is 6.96. The van der Waals surface area contributed by atoms with Crippen molar-refractivity contribution in [3.8, 4) is 0 Å². The number of nitrogens with zero attached hydrogens (tertiary/aromatic N) is 4. The summed E-state index contributed by atoms with van der Waals surface area (Å²) in [6, 6.07) is 18.1. The van der Waals surface area contributed by atoms with Crippen molar-refractivity contribution in [3.05, 3.63) is 88.2 Å². The van der Waals surface area contributed by atoms with Crippen molar-refractivity contribution in [1.82, 2.24) is 9.97 Å². The normalized spacial score (nSPS) is 10.9. The molecule has 2 aromatic heterocycles. The smallest absolute Gasteiger partial charge is 0.270 e. The van der Waals surface area contributed by atoms with Crippen LogP contribution in [0.15, 0.2) is 71.8 Å². The van der Waals surface area contributed by atoms with Gasteiger partial charge in [0.15, 0.2) is 5.13 Å². The molecule has 0 N–H and O–H groups in total. The summed E-state index contributed by atoms with van der Waals surface area (Å²) in [5.41, 5.74) is 2.27. The first-order valence-corrected chi connectivity index (χ1v) is 11.8. The van der Waals surface area contributed by atoms with Crippen molar-refractivity contribution in [3.63, 3.8) is 0 Å². The highest BCUT2D eigenvalue weighted by Gasteiger charge is 2.22. The van der Waals surface area contributed by atoms with Gasteiger partial charge in [0.1, 0.15) is 0 Å². The lowest BCUT2D eigenvalue weighted by Crippen LogP contribution is -2.32.